The van der Waals surface area contributed by atoms with Crippen LogP contribution in [-0.4, -0.2) is 17.6 Å². The van der Waals surface area contributed by atoms with Gasteiger partial charge in [0.15, 0.2) is 0 Å². The summed E-state index contributed by atoms with van der Waals surface area (Å²) in [6.07, 6.45) is 15.0. The van der Waals surface area contributed by atoms with Gasteiger partial charge in [-0.25, -0.2) is 0 Å². The molecule has 1 aromatic heterocycles. The van der Waals surface area contributed by atoms with E-state index in [-0.39, 0.29) is 0 Å². The smallest absolute Gasteiger partial charge is 0.0457 e. The summed E-state index contributed by atoms with van der Waals surface area (Å²) < 4.78 is 0. The average Bonchev–Trinajstić information content (AvgIpc) is 3.23. The molecule has 0 radical (unpaired) electrons. The molecule has 1 fully saturated rings. The van der Waals surface area contributed by atoms with Gasteiger partial charge < -0.3 is 10.3 Å². The summed E-state index contributed by atoms with van der Waals surface area (Å²) in [4.78, 5) is 3.45. The van der Waals surface area contributed by atoms with Crippen molar-refractivity contribution < 1.29 is 0 Å². The highest BCUT2D eigenvalue weighted by atomic mass is 14.9. The molecule has 1 atom stereocenters. The van der Waals surface area contributed by atoms with Gasteiger partial charge in [0.25, 0.3) is 0 Å². The molecule has 2 aliphatic rings. The van der Waals surface area contributed by atoms with E-state index < -0.39 is 0 Å². The van der Waals surface area contributed by atoms with Crippen LogP contribution in [0, 0.1) is 0 Å². The predicted molar refractivity (Wildman–Crippen MR) is 94.1 cm³/mol. The largest absolute Gasteiger partial charge is 0.361 e. The van der Waals surface area contributed by atoms with Crippen molar-refractivity contribution in [1.29, 1.82) is 0 Å². The first-order valence-corrected chi connectivity index (χ1v) is 8.93. The molecule has 1 aliphatic carbocycles. The van der Waals surface area contributed by atoms with Crippen LogP contribution in [0.25, 0.3) is 16.5 Å². The van der Waals surface area contributed by atoms with E-state index in [1.54, 1.807) is 5.57 Å². The maximum absolute atomic E-state index is 3.61. The minimum absolute atomic E-state index is 0.731. The predicted octanol–water partition coefficient (Wildman–Crippen LogP) is 4.81. The fourth-order valence-electron chi connectivity index (χ4n) is 4.02. The lowest BCUT2D eigenvalue weighted by molar-refractivity contribution is 0.560. The standard InChI is InChI=1S/C20H26N2/c1-2-5-15(6-3-1)16-9-11-20-19(13-16)17(14-22-20)8-10-18-7-4-12-21-18/h5,9,11,13-14,18,21-22H,1-4,6-8,10,12H2. The van der Waals surface area contributed by atoms with Gasteiger partial charge in [0, 0.05) is 23.1 Å². The highest BCUT2D eigenvalue weighted by molar-refractivity contribution is 5.87. The van der Waals surface area contributed by atoms with Crippen molar-refractivity contribution in [2.45, 2.75) is 57.4 Å². The molecule has 1 aromatic carbocycles. The number of benzene rings is 1. The van der Waals surface area contributed by atoms with Gasteiger partial charge in [-0.1, -0.05) is 12.1 Å². The molecule has 2 heteroatoms. The molecule has 2 heterocycles. The molecule has 0 spiro atoms. The molecule has 116 valence electrons. The lowest BCUT2D eigenvalue weighted by Crippen LogP contribution is -2.21. The number of aryl methyl sites for hydroxylation is 1. The quantitative estimate of drug-likeness (QED) is 0.832. The van der Waals surface area contributed by atoms with E-state index in [1.165, 1.54) is 79.9 Å². The van der Waals surface area contributed by atoms with E-state index >= 15 is 0 Å². The number of fused-ring (bicyclic) bond motifs is 1. The summed E-state index contributed by atoms with van der Waals surface area (Å²) in [5.41, 5.74) is 5.77. The number of allylic oxidation sites excluding steroid dienone is 2. The Morgan fingerprint density at radius 3 is 2.95 bits per heavy atom. The van der Waals surface area contributed by atoms with Crippen molar-refractivity contribution in [3.05, 3.63) is 41.6 Å². The second-order valence-corrected chi connectivity index (χ2v) is 6.88. The topological polar surface area (TPSA) is 27.8 Å². The third kappa shape index (κ3) is 2.85. The van der Waals surface area contributed by atoms with Crippen molar-refractivity contribution >= 4 is 16.5 Å². The Hall–Kier alpha value is -1.54. The Bertz CT molecular complexity index is 674. The van der Waals surface area contributed by atoms with Crippen LogP contribution >= 0.6 is 0 Å². The zero-order chi connectivity index (χ0) is 14.8. The first-order chi connectivity index (χ1) is 10.9. The number of aromatic nitrogens is 1. The van der Waals surface area contributed by atoms with E-state index in [0.29, 0.717) is 0 Å². The van der Waals surface area contributed by atoms with Crippen LogP contribution in [0.1, 0.15) is 56.1 Å². The normalized spacial score (nSPS) is 22.2. The molecule has 0 amide bonds. The van der Waals surface area contributed by atoms with E-state index in [1.807, 2.05) is 0 Å². The maximum atomic E-state index is 3.61. The maximum Gasteiger partial charge on any atom is 0.0457 e. The molecule has 2 nitrogen and oxygen atoms in total. The molecular weight excluding hydrogens is 268 g/mol. The van der Waals surface area contributed by atoms with Gasteiger partial charge in [-0.15, -0.1) is 0 Å². The molecular formula is C20H26N2. The van der Waals surface area contributed by atoms with Crippen molar-refractivity contribution in [3.63, 3.8) is 0 Å². The third-order valence-corrected chi connectivity index (χ3v) is 5.35. The van der Waals surface area contributed by atoms with E-state index in [4.69, 9.17) is 0 Å². The summed E-state index contributed by atoms with van der Waals surface area (Å²) in [7, 11) is 0. The molecule has 1 saturated heterocycles. The van der Waals surface area contributed by atoms with Crippen molar-refractivity contribution in [3.8, 4) is 0 Å². The monoisotopic (exact) mass is 294 g/mol. The fraction of sp³-hybridized carbons (Fsp3) is 0.500. The zero-order valence-electron chi connectivity index (χ0n) is 13.3. The SMILES string of the molecule is C1=C(c2ccc3[nH]cc(CCC4CCCN4)c3c2)CCCC1. The molecule has 2 aromatic rings. The average molecular weight is 294 g/mol. The summed E-state index contributed by atoms with van der Waals surface area (Å²) in [6, 6.07) is 7.70. The minimum Gasteiger partial charge on any atom is -0.361 e. The molecule has 0 saturated carbocycles. The second-order valence-electron chi connectivity index (χ2n) is 6.88. The summed E-state index contributed by atoms with van der Waals surface area (Å²) in [6.45, 7) is 1.21. The van der Waals surface area contributed by atoms with Gasteiger partial charge in [-0.3, -0.25) is 0 Å². The molecule has 2 N–H and O–H groups in total. The van der Waals surface area contributed by atoms with E-state index in [2.05, 4.69) is 40.8 Å². The molecule has 4 rings (SSSR count). The minimum atomic E-state index is 0.731. The number of hydrogen-bond acceptors (Lipinski definition) is 1. The number of aromatic amines is 1. The Labute approximate surface area is 133 Å². The van der Waals surface area contributed by atoms with Gasteiger partial charge in [0.2, 0.25) is 0 Å². The first kappa shape index (κ1) is 14.1. The summed E-state index contributed by atoms with van der Waals surface area (Å²) in [5.74, 6) is 0. The van der Waals surface area contributed by atoms with Gasteiger partial charge in [-0.2, -0.15) is 0 Å². The lowest BCUT2D eigenvalue weighted by Gasteiger charge is -2.13. The highest BCUT2D eigenvalue weighted by Gasteiger charge is 2.15. The van der Waals surface area contributed by atoms with E-state index in [0.717, 1.165) is 6.04 Å². The van der Waals surface area contributed by atoms with Crippen LogP contribution in [0.3, 0.4) is 0 Å². The molecule has 22 heavy (non-hydrogen) atoms. The van der Waals surface area contributed by atoms with Crippen LogP contribution < -0.4 is 5.32 Å². The molecule has 0 bridgehead atoms. The Kier molecular flexibility index (Phi) is 4.03. The molecule has 1 unspecified atom stereocenters. The Balaban J connectivity index is 1.57. The number of hydrogen-bond donors (Lipinski definition) is 2. The van der Waals surface area contributed by atoms with Gasteiger partial charge in [0.1, 0.15) is 0 Å². The fourth-order valence-corrected chi connectivity index (χ4v) is 4.02. The van der Waals surface area contributed by atoms with Gasteiger partial charge in [-0.05, 0) is 86.7 Å². The van der Waals surface area contributed by atoms with Crippen molar-refractivity contribution in [1.82, 2.24) is 10.3 Å². The summed E-state index contributed by atoms with van der Waals surface area (Å²) in [5, 5.41) is 5.04. The zero-order valence-corrected chi connectivity index (χ0v) is 13.3. The Morgan fingerprint density at radius 2 is 2.14 bits per heavy atom. The van der Waals surface area contributed by atoms with Gasteiger partial charge in [0.05, 0.1) is 0 Å². The van der Waals surface area contributed by atoms with Crippen LogP contribution in [0.15, 0.2) is 30.5 Å². The second kappa shape index (κ2) is 6.29. The van der Waals surface area contributed by atoms with Crippen LogP contribution in [0.2, 0.25) is 0 Å². The van der Waals surface area contributed by atoms with Crippen LogP contribution in [-0.2, 0) is 6.42 Å². The number of H-pyrrole nitrogens is 1. The first-order valence-electron chi connectivity index (χ1n) is 8.93. The van der Waals surface area contributed by atoms with E-state index in [9.17, 15) is 0 Å². The lowest BCUT2D eigenvalue weighted by atomic mass is 9.92. The highest BCUT2D eigenvalue weighted by Crippen LogP contribution is 2.30. The Morgan fingerprint density at radius 1 is 1.14 bits per heavy atom. The van der Waals surface area contributed by atoms with Crippen LogP contribution in [0.4, 0.5) is 0 Å². The summed E-state index contributed by atoms with van der Waals surface area (Å²) >= 11 is 0. The number of nitrogens with one attached hydrogen (secondary N) is 2. The van der Waals surface area contributed by atoms with Crippen molar-refractivity contribution in [2.24, 2.45) is 0 Å². The van der Waals surface area contributed by atoms with Crippen molar-refractivity contribution in [2.75, 3.05) is 6.54 Å². The van der Waals surface area contributed by atoms with Gasteiger partial charge >= 0.3 is 0 Å². The van der Waals surface area contributed by atoms with Crippen LogP contribution in [0.5, 0.6) is 0 Å². The molecule has 1 aliphatic heterocycles. The number of rotatable bonds is 4. The third-order valence-electron chi connectivity index (χ3n) is 5.35.